The van der Waals surface area contributed by atoms with Crippen LogP contribution in [0.5, 0.6) is 0 Å². The molecule has 182 valence electrons. The predicted molar refractivity (Wildman–Crippen MR) is 130 cm³/mol. The second-order valence-electron chi connectivity index (χ2n) is 7.68. The first-order valence-corrected chi connectivity index (χ1v) is 11.1. The van der Waals surface area contributed by atoms with Crippen molar-refractivity contribution in [3.8, 4) is 11.3 Å². The number of carbonyl (C=O) groups is 3. The maximum absolute atomic E-state index is 13.3. The number of esters is 1. The van der Waals surface area contributed by atoms with Gasteiger partial charge in [-0.05, 0) is 55.0 Å². The Labute approximate surface area is 202 Å². The highest BCUT2D eigenvalue weighted by molar-refractivity contribution is 6.02. The maximum atomic E-state index is 13.3. The summed E-state index contributed by atoms with van der Waals surface area (Å²) in [5.41, 5.74) is 3.73. The second kappa shape index (κ2) is 12.3. The van der Waals surface area contributed by atoms with Crippen LogP contribution in [0.4, 0.5) is 10.1 Å². The van der Waals surface area contributed by atoms with Crippen LogP contribution in [0, 0.1) is 5.82 Å². The van der Waals surface area contributed by atoms with Crippen LogP contribution in [0.1, 0.15) is 30.9 Å². The van der Waals surface area contributed by atoms with Gasteiger partial charge in [0.05, 0.1) is 24.9 Å². The van der Waals surface area contributed by atoms with E-state index in [0.29, 0.717) is 18.8 Å². The molecule has 0 radical (unpaired) electrons. The summed E-state index contributed by atoms with van der Waals surface area (Å²) >= 11 is 0. The summed E-state index contributed by atoms with van der Waals surface area (Å²) in [4.78, 5) is 35.6. The third-order valence-electron chi connectivity index (χ3n) is 5.07. The molecule has 0 fully saturated rings. The second-order valence-corrected chi connectivity index (χ2v) is 7.68. The van der Waals surface area contributed by atoms with Crippen molar-refractivity contribution in [3.05, 3.63) is 77.7 Å². The van der Waals surface area contributed by atoms with Gasteiger partial charge in [0.1, 0.15) is 5.82 Å². The summed E-state index contributed by atoms with van der Waals surface area (Å²) in [5.74, 6) is -1.28. The minimum absolute atomic E-state index is 0.0442. The molecule has 0 saturated heterocycles. The molecule has 2 N–H and O–H groups in total. The van der Waals surface area contributed by atoms with Crippen molar-refractivity contribution in [2.75, 3.05) is 11.9 Å². The summed E-state index contributed by atoms with van der Waals surface area (Å²) in [6.45, 7) is 2.32. The standard InChI is InChI=1S/C26H27FN4O4/c1-3-35-25(34)15-14-23(32)28-16-18-4-11-22(12-5-18)30-24(33)13-8-20-17-29-31(2)26(20)19-6-9-21(27)10-7-19/h4-13,17H,3,14-16H2,1-2H3,(H,28,32)(H,30,33). The van der Waals surface area contributed by atoms with E-state index in [1.54, 1.807) is 67.3 Å². The molecule has 1 aromatic heterocycles. The molecular weight excluding hydrogens is 451 g/mol. The van der Waals surface area contributed by atoms with Crippen LogP contribution >= 0.6 is 0 Å². The molecule has 0 unspecified atom stereocenters. The Morgan fingerprint density at radius 1 is 1.06 bits per heavy atom. The van der Waals surface area contributed by atoms with Crippen LogP contribution in [0.15, 0.2) is 60.8 Å². The molecule has 9 heteroatoms. The zero-order valence-corrected chi connectivity index (χ0v) is 19.6. The number of ether oxygens (including phenoxy) is 1. The van der Waals surface area contributed by atoms with Crippen molar-refractivity contribution >= 4 is 29.5 Å². The Kier molecular flexibility index (Phi) is 8.89. The Morgan fingerprint density at radius 2 is 1.77 bits per heavy atom. The first-order chi connectivity index (χ1) is 16.9. The normalized spacial score (nSPS) is 10.8. The van der Waals surface area contributed by atoms with Gasteiger partial charge in [0, 0.05) is 42.9 Å². The lowest BCUT2D eigenvalue weighted by molar-refractivity contribution is -0.144. The van der Waals surface area contributed by atoms with Crippen molar-refractivity contribution in [2.24, 2.45) is 7.05 Å². The van der Waals surface area contributed by atoms with Gasteiger partial charge in [-0.15, -0.1) is 0 Å². The molecule has 2 amide bonds. The zero-order chi connectivity index (χ0) is 25.2. The predicted octanol–water partition coefficient (Wildman–Crippen LogP) is 3.84. The summed E-state index contributed by atoms with van der Waals surface area (Å²) in [6, 6.07) is 13.1. The number of nitrogens with one attached hydrogen (secondary N) is 2. The third-order valence-corrected chi connectivity index (χ3v) is 5.07. The fraction of sp³-hybridized carbons (Fsp3) is 0.231. The maximum Gasteiger partial charge on any atom is 0.306 e. The lowest BCUT2D eigenvalue weighted by Gasteiger charge is -2.07. The van der Waals surface area contributed by atoms with Gasteiger partial charge in [0.25, 0.3) is 0 Å². The van der Waals surface area contributed by atoms with E-state index in [-0.39, 0.29) is 30.5 Å². The Bertz CT molecular complexity index is 1200. The average molecular weight is 479 g/mol. The van der Waals surface area contributed by atoms with Crippen LogP contribution in [-0.2, 0) is 32.7 Å². The van der Waals surface area contributed by atoms with E-state index in [0.717, 1.165) is 22.4 Å². The number of amides is 2. The Hall–Kier alpha value is -4.27. The van der Waals surface area contributed by atoms with Crippen molar-refractivity contribution in [1.82, 2.24) is 15.1 Å². The molecule has 0 aliphatic rings. The summed E-state index contributed by atoms with van der Waals surface area (Å²) < 4.78 is 19.7. The number of aryl methyl sites for hydroxylation is 1. The van der Waals surface area contributed by atoms with Gasteiger partial charge < -0.3 is 15.4 Å². The van der Waals surface area contributed by atoms with E-state index in [9.17, 15) is 18.8 Å². The molecule has 3 rings (SSSR count). The van der Waals surface area contributed by atoms with Gasteiger partial charge >= 0.3 is 5.97 Å². The number of rotatable bonds is 10. The summed E-state index contributed by atoms with van der Waals surface area (Å²) in [6.07, 6.45) is 4.81. The number of aromatic nitrogens is 2. The third kappa shape index (κ3) is 7.63. The average Bonchev–Trinajstić information content (AvgIpc) is 3.22. The van der Waals surface area contributed by atoms with Crippen molar-refractivity contribution in [1.29, 1.82) is 0 Å². The fourth-order valence-electron chi connectivity index (χ4n) is 3.33. The van der Waals surface area contributed by atoms with Crippen LogP contribution < -0.4 is 10.6 Å². The molecule has 0 aliphatic heterocycles. The van der Waals surface area contributed by atoms with Gasteiger partial charge in [-0.3, -0.25) is 19.1 Å². The molecular formula is C26H27FN4O4. The van der Waals surface area contributed by atoms with Gasteiger partial charge in [-0.25, -0.2) is 4.39 Å². The number of halogens is 1. The van der Waals surface area contributed by atoms with Crippen molar-refractivity contribution in [3.63, 3.8) is 0 Å². The molecule has 0 aliphatic carbocycles. The van der Waals surface area contributed by atoms with E-state index in [1.807, 2.05) is 0 Å². The lowest BCUT2D eigenvalue weighted by Crippen LogP contribution is -2.23. The van der Waals surface area contributed by atoms with Crippen LogP contribution in [0.2, 0.25) is 0 Å². The molecule has 2 aromatic carbocycles. The lowest BCUT2D eigenvalue weighted by atomic mass is 10.1. The van der Waals surface area contributed by atoms with Crippen molar-refractivity contribution in [2.45, 2.75) is 26.3 Å². The van der Waals surface area contributed by atoms with Crippen LogP contribution in [0.3, 0.4) is 0 Å². The number of hydrogen-bond acceptors (Lipinski definition) is 5. The largest absolute Gasteiger partial charge is 0.466 e. The molecule has 8 nitrogen and oxygen atoms in total. The van der Waals surface area contributed by atoms with Gasteiger partial charge in [-0.2, -0.15) is 5.10 Å². The fourth-order valence-corrected chi connectivity index (χ4v) is 3.33. The quantitative estimate of drug-likeness (QED) is 0.341. The van der Waals surface area contributed by atoms with E-state index in [4.69, 9.17) is 4.74 Å². The van der Waals surface area contributed by atoms with Gasteiger partial charge in [0.2, 0.25) is 11.8 Å². The minimum Gasteiger partial charge on any atom is -0.466 e. The molecule has 1 heterocycles. The number of anilines is 1. The smallest absolute Gasteiger partial charge is 0.306 e. The van der Waals surface area contributed by atoms with E-state index in [1.165, 1.54) is 18.2 Å². The highest BCUT2D eigenvalue weighted by Gasteiger charge is 2.10. The molecule has 0 atom stereocenters. The molecule has 0 spiro atoms. The molecule has 0 bridgehead atoms. The summed E-state index contributed by atoms with van der Waals surface area (Å²) in [5, 5.41) is 9.76. The topological polar surface area (TPSA) is 102 Å². The van der Waals surface area contributed by atoms with Gasteiger partial charge in [-0.1, -0.05) is 12.1 Å². The Balaban J connectivity index is 1.52. The summed E-state index contributed by atoms with van der Waals surface area (Å²) in [7, 11) is 1.78. The highest BCUT2D eigenvalue weighted by atomic mass is 19.1. The zero-order valence-electron chi connectivity index (χ0n) is 19.6. The highest BCUT2D eigenvalue weighted by Crippen LogP contribution is 2.24. The van der Waals surface area contributed by atoms with E-state index in [2.05, 4.69) is 15.7 Å². The van der Waals surface area contributed by atoms with Crippen molar-refractivity contribution < 1.29 is 23.5 Å². The number of benzene rings is 2. The minimum atomic E-state index is -0.396. The number of hydrogen-bond donors (Lipinski definition) is 2. The SMILES string of the molecule is CCOC(=O)CCC(=O)NCc1ccc(NC(=O)C=Cc2cnn(C)c2-c2ccc(F)cc2)cc1. The molecule has 35 heavy (non-hydrogen) atoms. The Morgan fingerprint density at radius 3 is 2.46 bits per heavy atom. The van der Waals surface area contributed by atoms with Gasteiger partial charge in [0.15, 0.2) is 0 Å². The number of carbonyl (C=O) groups excluding carboxylic acids is 3. The molecule has 3 aromatic rings. The van der Waals surface area contributed by atoms with E-state index >= 15 is 0 Å². The molecule has 0 saturated carbocycles. The monoisotopic (exact) mass is 478 g/mol. The van der Waals surface area contributed by atoms with E-state index < -0.39 is 5.97 Å². The first kappa shape index (κ1) is 25.4. The van der Waals surface area contributed by atoms with Crippen LogP contribution in [-0.4, -0.2) is 34.2 Å². The number of nitrogens with zero attached hydrogens (tertiary/aromatic N) is 2. The first-order valence-electron chi connectivity index (χ1n) is 11.1. The van der Waals surface area contributed by atoms with Crippen LogP contribution in [0.25, 0.3) is 17.3 Å².